The molecule has 0 bridgehead atoms. The van der Waals surface area contributed by atoms with Crippen molar-refractivity contribution in [3.63, 3.8) is 0 Å². The summed E-state index contributed by atoms with van der Waals surface area (Å²) in [6, 6.07) is 0.904. The third-order valence-electron chi connectivity index (χ3n) is 4.95. The lowest BCUT2D eigenvalue weighted by molar-refractivity contribution is -0.215. The molecule has 0 aliphatic carbocycles. The first-order chi connectivity index (χ1) is 7.72. The highest BCUT2D eigenvalue weighted by Gasteiger charge is 2.56. The van der Waals surface area contributed by atoms with Crippen molar-refractivity contribution < 1.29 is 0 Å². The van der Waals surface area contributed by atoms with Crippen LogP contribution in [0.4, 0.5) is 0 Å². The lowest BCUT2D eigenvalue weighted by atomic mass is 9.74. The Hall–Kier alpha value is -0.0800. The summed E-state index contributed by atoms with van der Waals surface area (Å²) in [5.41, 5.74) is 0.538. The van der Waals surface area contributed by atoms with Crippen molar-refractivity contribution in [1.82, 2.24) is 9.80 Å². The molecule has 2 atom stereocenters. The van der Waals surface area contributed by atoms with Gasteiger partial charge in [-0.3, -0.25) is 9.80 Å². The molecule has 1 spiro atoms. The molecule has 3 aliphatic rings. The largest absolute Gasteiger partial charge is 0.285 e. The number of piperidine rings is 1. The molecule has 3 fully saturated rings. The lowest BCUT2D eigenvalue weighted by Crippen LogP contribution is -2.77. The molecular formula is C14H26N2. The Morgan fingerprint density at radius 3 is 2.75 bits per heavy atom. The summed E-state index contributed by atoms with van der Waals surface area (Å²) < 4.78 is 0. The molecule has 0 amide bonds. The van der Waals surface area contributed by atoms with Crippen LogP contribution in [0.3, 0.4) is 0 Å². The maximum absolute atomic E-state index is 2.86. The van der Waals surface area contributed by atoms with Gasteiger partial charge < -0.3 is 0 Å². The van der Waals surface area contributed by atoms with Crippen molar-refractivity contribution in [3.05, 3.63) is 0 Å². The van der Waals surface area contributed by atoms with Crippen LogP contribution in [-0.2, 0) is 0 Å². The molecule has 2 heteroatoms. The van der Waals surface area contributed by atoms with Crippen molar-refractivity contribution in [2.45, 2.75) is 64.1 Å². The van der Waals surface area contributed by atoms with E-state index in [9.17, 15) is 0 Å². The zero-order chi connectivity index (χ0) is 11.2. The summed E-state index contributed by atoms with van der Waals surface area (Å²) in [6.07, 6.45) is 8.62. The first-order valence-corrected chi connectivity index (χ1v) is 7.24. The second-order valence-corrected chi connectivity index (χ2v) is 6.46. The molecule has 2 unspecified atom stereocenters. The average Bonchev–Trinajstić information content (AvgIpc) is 2.25. The summed E-state index contributed by atoms with van der Waals surface area (Å²) in [5.74, 6) is 0.862. The minimum atomic E-state index is 0.538. The molecule has 0 aromatic heterocycles. The van der Waals surface area contributed by atoms with Crippen molar-refractivity contribution in [3.8, 4) is 0 Å². The monoisotopic (exact) mass is 222 g/mol. The van der Waals surface area contributed by atoms with Gasteiger partial charge in [0.05, 0.1) is 5.66 Å². The van der Waals surface area contributed by atoms with E-state index in [4.69, 9.17) is 0 Å². The first-order valence-electron chi connectivity index (χ1n) is 7.24. The van der Waals surface area contributed by atoms with Gasteiger partial charge in [-0.2, -0.15) is 0 Å². The van der Waals surface area contributed by atoms with E-state index >= 15 is 0 Å². The Labute approximate surface area is 100.0 Å². The van der Waals surface area contributed by atoms with Crippen LogP contribution in [0, 0.1) is 5.92 Å². The fraction of sp³-hybridized carbons (Fsp3) is 1.00. The zero-order valence-electron chi connectivity index (χ0n) is 10.9. The number of hydrogen-bond acceptors (Lipinski definition) is 2. The van der Waals surface area contributed by atoms with Gasteiger partial charge in [0, 0.05) is 19.1 Å². The number of nitrogens with zero attached hydrogens (tertiary/aromatic N) is 2. The Kier molecular flexibility index (Phi) is 2.75. The van der Waals surface area contributed by atoms with E-state index in [-0.39, 0.29) is 0 Å². The minimum absolute atomic E-state index is 0.538. The molecule has 3 aliphatic heterocycles. The van der Waals surface area contributed by atoms with Gasteiger partial charge in [0.2, 0.25) is 0 Å². The smallest absolute Gasteiger partial charge is 0.0755 e. The number of hydrogen-bond donors (Lipinski definition) is 0. The maximum atomic E-state index is 2.86. The van der Waals surface area contributed by atoms with Crippen molar-refractivity contribution >= 4 is 0 Å². The molecule has 16 heavy (non-hydrogen) atoms. The highest BCUT2D eigenvalue weighted by molar-refractivity contribution is 5.08. The van der Waals surface area contributed by atoms with Crippen LogP contribution >= 0.6 is 0 Å². The van der Waals surface area contributed by atoms with E-state index in [0.29, 0.717) is 5.66 Å². The highest BCUT2D eigenvalue weighted by Crippen LogP contribution is 2.49. The predicted octanol–water partition coefficient (Wildman–Crippen LogP) is 2.69. The van der Waals surface area contributed by atoms with Crippen molar-refractivity contribution in [2.75, 3.05) is 19.6 Å². The summed E-state index contributed by atoms with van der Waals surface area (Å²) in [7, 11) is 0. The standard InChI is InChI=1S/C14H26N2/c1-12(2)10-13-11-14-6-3-4-7-15(14)8-5-9-16(13)14/h12-13H,3-11H2,1-2H3. The zero-order valence-corrected chi connectivity index (χ0v) is 10.9. The molecular weight excluding hydrogens is 196 g/mol. The minimum Gasteiger partial charge on any atom is -0.285 e. The third-order valence-corrected chi connectivity index (χ3v) is 4.95. The van der Waals surface area contributed by atoms with Crippen LogP contribution in [0.25, 0.3) is 0 Å². The van der Waals surface area contributed by atoms with Gasteiger partial charge in [-0.15, -0.1) is 0 Å². The van der Waals surface area contributed by atoms with Gasteiger partial charge in [-0.1, -0.05) is 13.8 Å². The van der Waals surface area contributed by atoms with E-state index < -0.39 is 0 Å². The topological polar surface area (TPSA) is 6.48 Å². The van der Waals surface area contributed by atoms with Gasteiger partial charge in [0.1, 0.15) is 0 Å². The third kappa shape index (κ3) is 1.53. The van der Waals surface area contributed by atoms with Crippen molar-refractivity contribution in [2.24, 2.45) is 5.92 Å². The molecule has 0 saturated carbocycles. The Morgan fingerprint density at radius 2 is 1.94 bits per heavy atom. The van der Waals surface area contributed by atoms with Crippen LogP contribution in [0.15, 0.2) is 0 Å². The van der Waals surface area contributed by atoms with E-state index in [1.165, 1.54) is 58.2 Å². The molecule has 0 radical (unpaired) electrons. The molecule has 2 nitrogen and oxygen atoms in total. The summed E-state index contributed by atoms with van der Waals surface area (Å²) in [5, 5.41) is 0. The van der Waals surface area contributed by atoms with E-state index in [1.807, 2.05) is 0 Å². The molecule has 3 rings (SSSR count). The molecule has 0 aromatic carbocycles. The van der Waals surface area contributed by atoms with Crippen LogP contribution in [0.2, 0.25) is 0 Å². The fourth-order valence-corrected chi connectivity index (χ4v) is 4.36. The molecule has 92 valence electrons. The van der Waals surface area contributed by atoms with Crippen molar-refractivity contribution in [1.29, 1.82) is 0 Å². The van der Waals surface area contributed by atoms with E-state index in [2.05, 4.69) is 23.6 Å². The lowest BCUT2D eigenvalue weighted by Gasteiger charge is -2.67. The molecule has 0 aromatic rings. The normalized spacial score (nSPS) is 40.3. The Balaban J connectivity index is 1.72. The summed E-state index contributed by atoms with van der Waals surface area (Å²) in [4.78, 5) is 5.66. The van der Waals surface area contributed by atoms with E-state index in [1.54, 1.807) is 0 Å². The van der Waals surface area contributed by atoms with Crippen LogP contribution in [0.1, 0.15) is 52.4 Å². The van der Waals surface area contributed by atoms with Crippen LogP contribution in [0.5, 0.6) is 0 Å². The predicted molar refractivity (Wildman–Crippen MR) is 67.3 cm³/mol. The van der Waals surface area contributed by atoms with Crippen LogP contribution in [-0.4, -0.2) is 41.1 Å². The highest BCUT2D eigenvalue weighted by atomic mass is 15.5. The quantitative estimate of drug-likeness (QED) is 0.709. The molecule has 3 heterocycles. The number of rotatable bonds is 2. The average molecular weight is 222 g/mol. The van der Waals surface area contributed by atoms with Gasteiger partial charge in [-0.05, 0) is 51.0 Å². The molecule has 0 N–H and O–H groups in total. The first kappa shape index (κ1) is 11.0. The fourth-order valence-electron chi connectivity index (χ4n) is 4.36. The second-order valence-electron chi connectivity index (χ2n) is 6.46. The maximum Gasteiger partial charge on any atom is 0.0755 e. The molecule has 3 saturated heterocycles. The Bertz CT molecular complexity index is 261. The van der Waals surface area contributed by atoms with Gasteiger partial charge in [0.15, 0.2) is 0 Å². The Morgan fingerprint density at radius 1 is 1.12 bits per heavy atom. The van der Waals surface area contributed by atoms with Crippen LogP contribution < -0.4 is 0 Å². The van der Waals surface area contributed by atoms with Gasteiger partial charge >= 0.3 is 0 Å². The summed E-state index contributed by atoms with van der Waals surface area (Å²) >= 11 is 0. The summed E-state index contributed by atoms with van der Waals surface area (Å²) in [6.45, 7) is 8.84. The van der Waals surface area contributed by atoms with Gasteiger partial charge in [0.25, 0.3) is 0 Å². The van der Waals surface area contributed by atoms with Gasteiger partial charge in [-0.25, -0.2) is 0 Å². The second kappa shape index (κ2) is 3.99. The van der Waals surface area contributed by atoms with E-state index in [0.717, 1.165) is 12.0 Å². The SMILES string of the molecule is CC(C)CC1CC23CCCCN2CCCN13.